The van der Waals surface area contributed by atoms with E-state index in [9.17, 15) is 28.4 Å². The average Bonchev–Trinajstić information content (AvgIpc) is 3.09. The Hall–Kier alpha value is -3.52. The van der Waals surface area contributed by atoms with Gasteiger partial charge in [-0.3, -0.25) is 23.7 Å². The lowest BCUT2D eigenvalue weighted by Crippen LogP contribution is -2.45. The molecule has 1 aromatic carbocycles. The average molecular weight is 556 g/mol. The number of H-pyrrole nitrogens is 1. The van der Waals surface area contributed by atoms with Crippen LogP contribution in [0.25, 0.3) is 10.4 Å². The SMILES string of the molecule is CCOC(=O)[C@H](C)NP(=O)(OC[C@H]1O[C@@H](n2ccc(=O)[nH]c2=O)[C@](C)(N=[N+]=[N-])[C@@H]1O)Oc1ccc(F)cc1. The van der Waals surface area contributed by atoms with Gasteiger partial charge in [0.1, 0.15) is 29.3 Å². The number of aromatic nitrogens is 2. The van der Waals surface area contributed by atoms with E-state index in [0.29, 0.717) is 0 Å². The number of aromatic amines is 1. The molecular formula is C21H26FN6O9P. The fourth-order valence-corrected chi connectivity index (χ4v) is 5.15. The second kappa shape index (κ2) is 11.9. The van der Waals surface area contributed by atoms with Crippen molar-refractivity contribution >= 4 is 13.7 Å². The molecule has 1 fully saturated rings. The van der Waals surface area contributed by atoms with E-state index in [1.165, 1.54) is 26.0 Å². The van der Waals surface area contributed by atoms with Gasteiger partial charge in [0.15, 0.2) is 6.23 Å². The zero-order valence-corrected chi connectivity index (χ0v) is 21.4. The summed E-state index contributed by atoms with van der Waals surface area (Å²) in [5.74, 6) is -1.41. The molecule has 1 unspecified atom stereocenters. The number of aliphatic hydroxyl groups excluding tert-OH is 1. The molecule has 6 atom stereocenters. The van der Waals surface area contributed by atoms with E-state index in [4.69, 9.17) is 24.1 Å². The quantitative estimate of drug-likeness (QED) is 0.120. The lowest BCUT2D eigenvalue weighted by molar-refractivity contribution is -0.144. The van der Waals surface area contributed by atoms with Crippen LogP contribution < -0.4 is 20.9 Å². The van der Waals surface area contributed by atoms with Crippen LogP contribution in [0.2, 0.25) is 0 Å². The Kier molecular flexibility index (Phi) is 9.09. The summed E-state index contributed by atoms with van der Waals surface area (Å²) in [5, 5.41) is 17.0. The van der Waals surface area contributed by atoms with Crippen LogP contribution in [-0.4, -0.2) is 57.6 Å². The van der Waals surface area contributed by atoms with Gasteiger partial charge in [0.25, 0.3) is 5.56 Å². The zero-order chi connectivity index (χ0) is 28.1. The molecule has 0 radical (unpaired) electrons. The lowest BCUT2D eigenvalue weighted by Gasteiger charge is -2.28. The van der Waals surface area contributed by atoms with Gasteiger partial charge < -0.3 is 19.1 Å². The van der Waals surface area contributed by atoms with E-state index >= 15 is 0 Å². The van der Waals surface area contributed by atoms with Crippen LogP contribution >= 0.6 is 7.75 Å². The molecule has 2 heterocycles. The second-order valence-electron chi connectivity index (χ2n) is 8.35. The molecule has 3 N–H and O–H groups in total. The summed E-state index contributed by atoms with van der Waals surface area (Å²) in [5.41, 5.74) is 5.73. The highest BCUT2D eigenvalue weighted by atomic mass is 31.2. The normalized spacial score (nSPS) is 25.1. The first kappa shape index (κ1) is 29.0. The van der Waals surface area contributed by atoms with Gasteiger partial charge in [0.05, 0.1) is 19.3 Å². The van der Waals surface area contributed by atoms with E-state index in [1.807, 2.05) is 4.98 Å². The van der Waals surface area contributed by atoms with Crippen molar-refractivity contribution < 1.29 is 37.4 Å². The maximum atomic E-state index is 13.6. The van der Waals surface area contributed by atoms with Crippen molar-refractivity contribution in [2.45, 2.75) is 50.8 Å². The fraction of sp³-hybridized carbons (Fsp3) is 0.476. The zero-order valence-electron chi connectivity index (χ0n) is 20.5. The van der Waals surface area contributed by atoms with Crippen LogP contribution in [0.4, 0.5) is 4.39 Å². The van der Waals surface area contributed by atoms with Crippen molar-refractivity contribution in [2.75, 3.05) is 13.2 Å². The minimum absolute atomic E-state index is 0.0560. The van der Waals surface area contributed by atoms with Gasteiger partial charge in [-0.2, -0.15) is 5.09 Å². The highest BCUT2D eigenvalue weighted by Crippen LogP contribution is 2.47. The number of benzene rings is 1. The van der Waals surface area contributed by atoms with Crippen molar-refractivity contribution in [3.63, 3.8) is 0 Å². The van der Waals surface area contributed by atoms with Gasteiger partial charge in [-0.1, -0.05) is 5.11 Å². The smallest absolute Gasteiger partial charge is 0.459 e. The Morgan fingerprint density at radius 1 is 1.39 bits per heavy atom. The topological polar surface area (TPSA) is 207 Å². The first-order valence-electron chi connectivity index (χ1n) is 11.3. The van der Waals surface area contributed by atoms with Crippen LogP contribution in [0.1, 0.15) is 27.0 Å². The molecular weight excluding hydrogens is 530 g/mol. The third-order valence-corrected chi connectivity index (χ3v) is 7.20. The van der Waals surface area contributed by atoms with E-state index in [1.54, 1.807) is 6.92 Å². The number of nitrogens with zero attached hydrogens (tertiary/aromatic N) is 4. The van der Waals surface area contributed by atoms with E-state index in [2.05, 4.69) is 15.1 Å². The number of carbonyl (C=O) groups is 1. The minimum atomic E-state index is -4.42. The third-order valence-electron chi connectivity index (χ3n) is 5.56. The molecule has 15 nitrogen and oxygen atoms in total. The van der Waals surface area contributed by atoms with E-state index in [-0.39, 0.29) is 12.4 Å². The van der Waals surface area contributed by atoms with E-state index < -0.39 is 67.4 Å². The molecule has 3 rings (SSSR count). The molecule has 0 spiro atoms. The molecule has 0 amide bonds. The van der Waals surface area contributed by atoms with Crippen LogP contribution in [-0.2, 0) is 23.4 Å². The maximum Gasteiger partial charge on any atom is 0.459 e. The third kappa shape index (κ3) is 6.48. The van der Waals surface area contributed by atoms with Crippen molar-refractivity contribution in [3.8, 4) is 5.75 Å². The summed E-state index contributed by atoms with van der Waals surface area (Å²) >= 11 is 0. The van der Waals surface area contributed by atoms with Gasteiger partial charge in [-0.25, -0.2) is 13.8 Å². The van der Waals surface area contributed by atoms with Gasteiger partial charge in [0.2, 0.25) is 0 Å². The maximum absolute atomic E-state index is 13.6. The molecule has 1 saturated heterocycles. The summed E-state index contributed by atoms with van der Waals surface area (Å²) in [4.78, 5) is 40.7. The van der Waals surface area contributed by atoms with Gasteiger partial charge in [0, 0.05) is 17.2 Å². The van der Waals surface area contributed by atoms with Crippen LogP contribution in [0, 0.1) is 5.82 Å². The predicted molar refractivity (Wildman–Crippen MR) is 129 cm³/mol. The number of nitrogens with one attached hydrogen (secondary N) is 2. The Bertz CT molecular complexity index is 1360. The van der Waals surface area contributed by atoms with Crippen molar-refractivity contribution in [3.05, 3.63) is 73.6 Å². The summed E-state index contributed by atoms with van der Waals surface area (Å²) in [6.45, 7) is 3.66. The molecule has 0 aliphatic carbocycles. The number of halogens is 1. The predicted octanol–water partition coefficient (Wildman–Crippen LogP) is 1.75. The summed E-state index contributed by atoms with van der Waals surface area (Å²) < 4.78 is 49.4. The van der Waals surface area contributed by atoms with Crippen LogP contribution in [0.3, 0.4) is 0 Å². The molecule has 1 aliphatic heterocycles. The Balaban J connectivity index is 1.88. The molecule has 17 heteroatoms. The molecule has 38 heavy (non-hydrogen) atoms. The number of aliphatic hydroxyl groups is 1. The minimum Gasteiger partial charge on any atom is -0.465 e. The number of ether oxygens (including phenoxy) is 2. The first-order chi connectivity index (χ1) is 17.9. The molecule has 1 aromatic heterocycles. The van der Waals surface area contributed by atoms with Crippen molar-refractivity contribution in [1.29, 1.82) is 0 Å². The van der Waals surface area contributed by atoms with E-state index in [0.717, 1.165) is 29.0 Å². The van der Waals surface area contributed by atoms with Crippen molar-refractivity contribution in [1.82, 2.24) is 14.6 Å². The summed E-state index contributed by atoms with van der Waals surface area (Å²) in [7, 11) is -4.42. The Morgan fingerprint density at radius 2 is 2.08 bits per heavy atom. The largest absolute Gasteiger partial charge is 0.465 e. The lowest BCUT2D eigenvalue weighted by atomic mass is 9.93. The number of esters is 1. The summed E-state index contributed by atoms with van der Waals surface area (Å²) in [6, 6.07) is 4.33. The van der Waals surface area contributed by atoms with Crippen LogP contribution in [0.5, 0.6) is 5.75 Å². The molecule has 0 saturated carbocycles. The first-order valence-corrected chi connectivity index (χ1v) is 12.8. The highest BCUT2D eigenvalue weighted by Gasteiger charge is 2.55. The van der Waals surface area contributed by atoms with Gasteiger partial charge in [-0.05, 0) is 50.6 Å². The summed E-state index contributed by atoms with van der Waals surface area (Å²) in [6.07, 6.45) is -3.23. The monoisotopic (exact) mass is 556 g/mol. The van der Waals surface area contributed by atoms with Gasteiger partial charge in [-0.15, -0.1) is 0 Å². The molecule has 2 aromatic rings. The fourth-order valence-electron chi connectivity index (χ4n) is 3.65. The van der Waals surface area contributed by atoms with Crippen molar-refractivity contribution in [2.24, 2.45) is 5.11 Å². The number of hydrogen-bond acceptors (Lipinski definition) is 10. The molecule has 206 valence electrons. The van der Waals surface area contributed by atoms with Crippen LogP contribution in [0.15, 0.2) is 51.2 Å². The standard InChI is InChI=1S/C21H26FN6O9P/c1-4-34-18(31)12(2)25-38(33,37-14-7-5-13(22)6-8-14)35-11-15-17(30)21(3,26-27-23)19(36-15)28-10-9-16(29)24-20(28)32/h5-10,12,15,17,19,30H,4,11H2,1-3H3,(H,25,33)(H,24,29,32)/t12-,15+,17+,19+,21+,38?/m0/s1. The van der Waals surface area contributed by atoms with Gasteiger partial charge >= 0.3 is 19.4 Å². The Morgan fingerprint density at radius 3 is 2.68 bits per heavy atom. The Labute approximate surface area is 214 Å². The number of rotatable bonds is 11. The number of hydrogen-bond donors (Lipinski definition) is 3. The second-order valence-corrected chi connectivity index (χ2v) is 10.0. The molecule has 1 aliphatic rings. The molecule has 0 bridgehead atoms. The number of azide groups is 1. The number of carbonyl (C=O) groups excluding carboxylic acids is 1. The highest BCUT2D eigenvalue weighted by molar-refractivity contribution is 7.52.